The van der Waals surface area contributed by atoms with Crippen LogP contribution in [0.4, 0.5) is 0 Å². The summed E-state index contributed by atoms with van der Waals surface area (Å²) in [5, 5.41) is 9.29. The Morgan fingerprint density at radius 1 is 1.33 bits per heavy atom. The molecule has 1 N–H and O–H groups in total. The molecule has 0 heterocycles. The second-order valence-corrected chi connectivity index (χ2v) is 3.24. The highest BCUT2D eigenvalue weighted by atomic mass is 16.5. The molecule has 1 aromatic rings. The van der Waals surface area contributed by atoms with Gasteiger partial charge in [0, 0.05) is 6.42 Å². The predicted molar refractivity (Wildman–Crippen MR) is 60.2 cm³/mol. The zero-order valence-corrected chi connectivity index (χ0v) is 8.94. The lowest BCUT2D eigenvalue weighted by molar-refractivity contribution is 0.0907. The van der Waals surface area contributed by atoms with Crippen molar-refractivity contribution in [3.63, 3.8) is 0 Å². The Hall–Kier alpha value is -1.30. The van der Waals surface area contributed by atoms with Crippen molar-refractivity contribution in [2.75, 3.05) is 6.61 Å². The highest BCUT2D eigenvalue weighted by Crippen LogP contribution is 2.01. The third kappa shape index (κ3) is 5.21. The summed E-state index contributed by atoms with van der Waals surface area (Å²) >= 11 is 0. The van der Waals surface area contributed by atoms with Crippen LogP contribution in [-0.4, -0.2) is 17.8 Å². The monoisotopic (exact) mass is 204 g/mol. The smallest absolute Gasteiger partial charge is 0.116 e. The molecule has 0 aromatic heterocycles. The summed E-state index contributed by atoms with van der Waals surface area (Å²) in [7, 11) is 0. The van der Waals surface area contributed by atoms with E-state index in [1.807, 2.05) is 30.3 Å². The second-order valence-electron chi connectivity index (χ2n) is 3.24. The Labute approximate surface area is 90.9 Å². The second kappa shape index (κ2) is 7.05. The maximum absolute atomic E-state index is 9.29. The third-order valence-corrected chi connectivity index (χ3v) is 1.96. The lowest BCUT2D eigenvalue weighted by atomic mass is 10.2. The van der Waals surface area contributed by atoms with E-state index in [1.165, 1.54) is 0 Å². The average Bonchev–Trinajstić information content (AvgIpc) is 2.26. The molecular formula is C13H16O2. The van der Waals surface area contributed by atoms with Gasteiger partial charge in [-0.05, 0) is 12.5 Å². The third-order valence-electron chi connectivity index (χ3n) is 1.96. The number of benzene rings is 1. The van der Waals surface area contributed by atoms with Crippen LogP contribution in [-0.2, 0) is 11.3 Å². The molecule has 80 valence electrons. The maximum atomic E-state index is 9.29. The minimum Gasteiger partial charge on any atom is -0.380 e. The SMILES string of the molecule is CC#C[C@@H](O)CCOCc1ccccc1. The zero-order valence-electron chi connectivity index (χ0n) is 8.94. The van der Waals surface area contributed by atoms with Gasteiger partial charge in [0.05, 0.1) is 13.2 Å². The van der Waals surface area contributed by atoms with Crippen molar-refractivity contribution in [3.8, 4) is 11.8 Å². The van der Waals surface area contributed by atoms with Gasteiger partial charge in [0.25, 0.3) is 0 Å². The first-order chi connectivity index (χ1) is 7.33. The number of hydrogen-bond acceptors (Lipinski definition) is 2. The largest absolute Gasteiger partial charge is 0.380 e. The number of aliphatic hydroxyl groups excluding tert-OH is 1. The van der Waals surface area contributed by atoms with Crippen LogP contribution in [0.5, 0.6) is 0 Å². The van der Waals surface area contributed by atoms with Gasteiger partial charge >= 0.3 is 0 Å². The van der Waals surface area contributed by atoms with Gasteiger partial charge in [0.1, 0.15) is 6.10 Å². The van der Waals surface area contributed by atoms with E-state index in [-0.39, 0.29) is 0 Å². The van der Waals surface area contributed by atoms with Crippen LogP contribution < -0.4 is 0 Å². The summed E-state index contributed by atoms with van der Waals surface area (Å²) in [6.45, 7) is 2.84. The van der Waals surface area contributed by atoms with Crippen molar-refractivity contribution in [2.45, 2.75) is 26.1 Å². The van der Waals surface area contributed by atoms with Crippen molar-refractivity contribution < 1.29 is 9.84 Å². The van der Waals surface area contributed by atoms with E-state index in [0.717, 1.165) is 5.56 Å². The van der Waals surface area contributed by atoms with Crippen molar-refractivity contribution >= 4 is 0 Å². The molecule has 0 amide bonds. The van der Waals surface area contributed by atoms with Gasteiger partial charge in [-0.3, -0.25) is 0 Å². The fourth-order valence-electron chi connectivity index (χ4n) is 1.20. The lowest BCUT2D eigenvalue weighted by Gasteiger charge is -2.05. The average molecular weight is 204 g/mol. The zero-order chi connectivity index (χ0) is 10.9. The lowest BCUT2D eigenvalue weighted by Crippen LogP contribution is -2.07. The minimum atomic E-state index is -0.564. The standard InChI is InChI=1S/C13H16O2/c1-2-6-13(14)9-10-15-11-12-7-4-3-5-8-12/h3-5,7-8,13-14H,9-11H2,1H3/t13-/m1/s1. The molecule has 0 bridgehead atoms. The van der Waals surface area contributed by atoms with Gasteiger partial charge in [-0.1, -0.05) is 36.3 Å². The van der Waals surface area contributed by atoms with Gasteiger partial charge in [-0.15, -0.1) is 5.92 Å². The molecule has 1 atom stereocenters. The Kier molecular flexibility index (Phi) is 5.54. The molecule has 2 heteroatoms. The van der Waals surface area contributed by atoms with Gasteiger partial charge in [0.15, 0.2) is 0 Å². The van der Waals surface area contributed by atoms with Gasteiger partial charge in [0.2, 0.25) is 0 Å². The molecule has 0 radical (unpaired) electrons. The molecule has 0 saturated heterocycles. The molecule has 0 fully saturated rings. The molecule has 0 saturated carbocycles. The van der Waals surface area contributed by atoms with E-state index < -0.39 is 6.10 Å². The van der Waals surface area contributed by atoms with Crippen LogP contribution in [0, 0.1) is 11.8 Å². The fraction of sp³-hybridized carbons (Fsp3) is 0.385. The summed E-state index contributed by atoms with van der Waals surface area (Å²) in [5.41, 5.74) is 1.15. The first-order valence-electron chi connectivity index (χ1n) is 5.05. The van der Waals surface area contributed by atoms with Crippen LogP contribution in [0.3, 0.4) is 0 Å². The molecule has 0 aliphatic rings. The van der Waals surface area contributed by atoms with E-state index in [4.69, 9.17) is 4.74 Å². The molecule has 15 heavy (non-hydrogen) atoms. The summed E-state index contributed by atoms with van der Waals surface area (Å²) in [6.07, 6.45) is -0.000931. The number of hydrogen-bond donors (Lipinski definition) is 1. The van der Waals surface area contributed by atoms with Crippen LogP contribution in [0.2, 0.25) is 0 Å². The highest BCUT2D eigenvalue weighted by molar-refractivity contribution is 5.13. The van der Waals surface area contributed by atoms with Gasteiger partial charge in [-0.25, -0.2) is 0 Å². The topological polar surface area (TPSA) is 29.5 Å². The normalized spacial score (nSPS) is 11.6. The van der Waals surface area contributed by atoms with Crippen LogP contribution in [0.1, 0.15) is 18.9 Å². The summed E-state index contributed by atoms with van der Waals surface area (Å²) in [6, 6.07) is 9.97. The molecule has 0 unspecified atom stereocenters. The molecule has 0 spiro atoms. The molecular weight excluding hydrogens is 188 g/mol. The number of ether oxygens (including phenoxy) is 1. The molecule has 0 aliphatic heterocycles. The predicted octanol–water partition coefficient (Wildman–Crippen LogP) is 1.98. The van der Waals surface area contributed by atoms with E-state index >= 15 is 0 Å². The number of rotatable bonds is 5. The summed E-state index contributed by atoms with van der Waals surface area (Å²) in [4.78, 5) is 0. The Bertz CT molecular complexity index is 321. The molecule has 2 nitrogen and oxygen atoms in total. The quantitative estimate of drug-likeness (QED) is 0.587. The van der Waals surface area contributed by atoms with Crippen molar-refractivity contribution in [1.29, 1.82) is 0 Å². The minimum absolute atomic E-state index is 0.532. The van der Waals surface area contributed by atoms with Crippen molar-refractivity contribution in [1.82, 2.24) is 0 Å². The fourth-order valence-corrected chi connectivity index (χ4v) is 1.20. The van der Waals surface area contributed by atoms with E-state index in [1.54, 1.807) is 6.92 Å². The Morgan fingerprint density at radius 3 is 2.73 bits per heavy atom. The van der Waals surface area contributed by atoms with Gasteiger partial charge < -0.3 is 9.84 Å². The maximum Gasteiger partial charge on any atom is 0.116 e. The summed E-state index contributed by atoms with van der Waals surface area (Å²) in [5.74, 6) is 5.34. The first-order valence-corrected chi connectivity index (χ1v) is 5.05. The first kappa shape index (κ1) is 11.8. The molecule has 1 aromatic carbocycles. The van der Waals surface area contributed by atoms with Crippen LogP contribution in [0.15, 0.2) is 30.3 Å². The van der Waals surface area contributed by atoms with E-state index in [9.17, 15) is 5.11 Å². The van der Waals surface area contributed by atoms with Crippen LogP contribution in [0.25, 0.3) is 0 Å². The van der Waals surface area contributed by atoms with Crippen LogP contribution >= 0.6 is 0 Å². The van der Waals surface area contributed by atoms with E-state index in [0.29, 0.717) is 19.6 Å². The summed E-state index contributed by atoms with van der Waals surface area (Å²) < 4.78 is 5.41. The highest BCUT2D eigenvalue weighted by Gasteiger charge is 1.98. The van der Waals surface area contributed by atoms with Crippen molar-refractivity contribution in [2.24, 2.45) is 0 Å². The van der Waals surface area contributed by atoms with E-state index in [2.05, 4.69) is 11.8 Å². The Balaban J connectivity index is 2.14. The number of aliphatic hydroxyl groups is 1. The Morgan fingerprint density at radius 2 is 2.07 bits per heavy atom. The van der Waals surface area contributed by atoms with Crippen molar-refractivity contribution in [3.05, 3.63) is 35.9 Å². The van der Waals surface area contributed by atoms with Gasteiger partial charge in [-0.2, -0.15) is 0 Å². The molecule has 1 rings (SSSR count). The molecule has 0 aliphatic carbocycles.